The van der Waals surface area contributed by atoms with E-state index in [-0.39, 0.29) is 23.5 Å². The summed E-state index contributed by atoms with van der Waals surface area (Å²) in [5.41, 5.74) is 3.27. The number of benzene rings is 2. The van der Waals surface area contributed by atoms with Crippen LogP contribution in [0.25, 0.3) is 21.9 Å². The zero-order valence-electron chi connectivity index (χ0n) is 18.9. The molecule has 8 nitrogen and oxygen atoms in total. The minimum atomic E-state index is -0.121. The molecule has 2 saturated heterocycles. The molecule has 2 fully saturated rings. The van der Waals surface area contributed by atoms with Crippen LogP contribution in [0.4, 0.5) is 0 Å². The van der Waals surface area contributed by atoms with E-state index in [0.717, 1.165) is 47.9 Å². The molecule has 2 aromatic heterocycles. The fourth-order valence-electron chi connectivity index (χ4n) is 5.52. The number of nitrogens with zero attached hydrogens (tertiary/aromatic N) is 3. The number of rotatable bonds is 3. The number of hydrogen-bond donors (Lipinski definition) is 2. The molecule has 0 aliphatic carbocycles. The van der Waals surface area contributed by atoms with Crippen LogP contribution in [0.1, 0.15) is 52.6 Å². The molecule has 34 heavy (non-hydrogen) atoms. The van der Waals surface area contributed by atoms with Crippen molar-refractivity contribution in [1.82, 2.24) is 24.3 Å². The molecule has 4 heterocycles. The van der Waals surface area contributed by atoms with Crippen molar-refractivity contribution in [2.45, 2.75) is 31.7 Å². The molecule has 0 spiro atoms. The monoisotopic (exact) mass is 457 g/mol. The van der Waals surface area contributed by atoms with Gasteiger partial charge in [0.1, 0.15) is 5.69 Å². The summed E-state index contributed by atoms with van der Waals surface area (Å²) in [5.74, 6) is -0.220. The Morgan fingerprint density at radius 3 is 2.18 bits per heavy atom. The largest absolute Gasteiger partial charge is 0.350 e. The number of carbonyl (C=O) groups is 2. The predicted octanol–water partition coefficient (Wildman–Crippen LogP) is 3.52. The fraction of sp³-hybridized carbons (Fsp3) is 0.346. The van der Waals surface area contributed by atoms with Gasteiger partial charge >= 0.3 is 5.69 Å². The summed E-state index contributed by atoms with van der Waals surface area (Å²) < 4.78 is 1.82. The lowest BCUT2D eigenvalue weighted by atomic mass is 10.0. The van der Waals surface area contributed by atoms with Crippen molar-refractivity contribution in [2.75, 3.05) is 26.2 Å². The molecule has 2 N–H and O–H groups in total. The van der Waals surface area contributed by atoms with Gasteiger partial charge in [0, 0.05) is 43.1 Å². The summed E-state index contributed by atoms with van der Waals surface area (Å²) in [6.07, 6.45) is 3.36. The van der Waals surface area contributed by atoms with E-state index in [2.05, 4.69) is 9.97 Å². The average Bonchev–Trinajstić information content (AvgIpc) is 3.60. The average molecular weight is 458 g/mol. The molecule has 0 bridgehead atoms. The Hall–Kier alpha value is -3.81. The van der Waals surface area contributed by atoms with E-state index in [1.165, 1.54) is 0 Å². The number of carbonyl (C=O) groups excluding carboxylic acids is 2. The van der Waals surface area contributed by atoms with Crippen molar-refractivity contribution in [3.8, 4) is 0 Å². The van der Waals surface area contributed by atoms with Gasteiger partial charge in [0.25, 0.3) is 11.8 Å². The molecule has 8 heteroatoms. The minimum absolute atomic E-state index is 0.0290. The van der Waals surface area contributed by atoms with Crippen LogP contribution in [0, 0.1) is 0 Å². The van der Waals surface area contributed by atoms with Gasteiger partial charge < -0.3 is 19.8 Å². The van der Waals surface area contributed by atoms with Gasteiger partial charge in [-0.1, -0.05) is 30.3 Å². The molecule has 0 atom stereocenters. The third-order valence-electron chi connectivity index (χ3n) is 7.27. The van der Waals surface area contributed by atoms with Crippen molar-refractivity contribution in [2.24, 2.45) is 0 Å². The van der Waals surface area contributed by atoms with Crippen LogP contribution in [0.5, 0.6) is 0 Å². The van der Waals surface area contributed by atoms with Gasteiger partial charge in [-0.2, -0.15) is 0 Å². The van der Waals surface area contributed by atoms with Crippen molar-refractivity contribution < 1.29 is 9.59 Å². The standard InChI is InChI=1S/C26H27N5O3/c32-24(22-18-7-1-2-8-19(18)27-23(22)25(33)29-13-5-6-14-29)30-15-11-17(12-16-30)31-21-10-4-3-9-20(21)28-26(31)34/h1-4,7-10,17,27H,5-6,11-16H2,(H,28,34). The lowest BCUT2D eigenvalue weighted by Gasteiger charge is -2.32. The van der Waals surface area contributed by atoms with Crippen LogP contribution in [0.15, 0.2) is 53.3 Å². The zero-order valence-corrected chi connectivity index (χ0v) is 18.9. The normalized spacial score (nSPS) is 17.2. The van der Waals surface area contributed by atoms with Crippen molar-refractivity contribution in [3.63, 3.8) is 0 Å². The highest BCUT2D eigenvalue weighted by atomic mass is 16.2. The topological polar surface area (TPSA) is 94.2 Å². The van der Waals surface area contributed by atoms with E-state index >= 15 is 0 Å². The maximum absolute atomic E-state index is 13.7. The molecular weight excluding hydrogens is 430 g/mol. The van der Waals surface area contributed by atoms with Gasteiger partial charge in [0.05, 0.1) is 16.6 Å². The molecule has 0 radical (unpaired) electrons. The quantitative estimate of drug-likeness (QED) is 0.493. The molecule has 4 aromatic rings. The molecular formula is C26H27N5O3. The van der Waals surface area contributed by atoms with Crippen LogP contribution in [-0.4, -0.2) is 62.3 Å². The lowest BCUT2D eigenvalue weighted by Crippen LogP contribution is -2.41. The number of para-hydroxylation sites is 3. The van der Waals surface area contributed by atoms with Crippen molar-refractivity contribution >= 4 is 33.8 Å². The molecule has 2 aromatic carbocycles. The van der Waals surface area contributed by atoms with Gasteiger partial charge in [-0.25, -0.2) is 4.79 Å². The van der Waals surface area contributed by atoms with E-state index in [1.807, 2.05) is 62.9 Å². The first-order valence-electron chi connectivity index (χ1n) is 12.0. The number of piperidine rings is 1. The van der Waals surface area contributed by atoms with E-state index < -0.39 is 0 Å². The molecule has 0 saturated carbocycles. The minimum Gasteiger partial charge on any atom is -0.350 e. The second-order valence-corrected chi connectivity index (χ2v) is 9.26. The molecule has 2 aliphatic heterocycles. The number of aromatic amines is 2. The van der Waals surface area contributed by atoms with Gasteiger partial charge in [-0.3, -0.25) is 14.2 Å². The van der Waals surface area contributed by atoms with Gasteiger partial charge in [-0.15, -0.1) is 0 Å². The second-order valence-electron chi connectivity index (χ2n) is 9.26. The van der Waals surface area contributed by atoms with Crippen LogP contribution in [0.2, 0.25) is 0 Å². The molecule has 6 rings (SSSR count). The van der Waals surface area contributed by atoms with E-state index in [9.17, 15) is 14.4 Å². The van der Waals surface area contributed by atoms with Crippen molar-refractivity contribution in [1.29, 1.82) is 0 Å². The lowest BCUT2D eigenvalue weighted by molar-refractivity contribution is 0.0682. The Bertz CT molecular complexity index is 1450. The summed E-state index contributed by atoms with van der Waals surface area (Å²) in [5, 5.41) is 0.782. The summed E-state index contributed by atoms with van der Waals surface area (Å²) in [6, 6.07) is 15.3. The van der Waals surface area contributed by atoms with Gasteiger partial charge in [0.2, 0.25) is 0 Å². The van der Waals surface area contributed by atoms with E-state index in [0.29, 0.717) is 37.2 Å². The Morgan fingerprint density at radius 2 is 1.41 bits per heavy atom. The van der Waals surface area contributed by atoms with Crippen LogP contribution >= 0.6 is 0 Å². The number of hydrogen-bond acceptors (Lipinski definition) is 3. The summed E-state index contributed by atoms with van der Waals surface area (Å²) in [7, 11) is 0. The number of fused-ring (bicyclic) bond motifs is 2. The summed E-state index contributed by atoms with van der Waals surface area (Å²) >= 11 is 0. The highest BCUT2D eigenvalue weighted by molar-refractivity contribution is 6.15. The van der Waals surface area contributed by atoms with E-state index in [1.54, 1.807) is 0 Å². The number of nitrogens with one attached hydrogen (secondary N) is 2. The number of imidazole rings is 1. The summed E-state index contributed by atoms with van der Waals surface area (Å²) in [6.45, 7) is 2.53. The second kappa shape index (κ2) is 8.20. The molecule has 0 unspecified atom stereocenters. The predicted molar refractivity (Wildman–Crippen MR) is 130 cm³/mol. The zero-order chi connectivity index (χ0) is 23.2. The number of likely N-dealkylation sites (tertiary alicyclic amines) is 2. The molecule has 174 valence electrons. The Balaban J connectivity index is 1.28. The maximum Gasteiger partial charge on any atom is 0.326 e. The van der Waals surface area contributed by atoms with E-state index in [4.69, 9.17) is 0 Å². The highest BCUT2D eigenvalue weighted by Crippen LogP contribution is 2.30. The number of H-pyrrole nitrogens is 2. The fourth-order valence-corrected chi connectivity index (χ4v) is 5.52. The SMILES string of the molecule is O=C(c1[nH]c2ccccc2c1C(=O)N1CCC(n2c(=O)[nH]c3ccccc32)CC1)N1CCCC1. The maximum atomic E-state index is 13.7. The molecule has 2 amide bonds. The third kappa shape index (κ3) is 3.32. The first-order valence-corrected chi connectivity index (χ1v) is 12.0. The van der Waals surface area contributed by atoms with Crippen molar-refractivity contribution in [3.05, 3.63) is 70.3 Å². The van der Waals surface area contributed by atoms with Crippen LogP contribution in [-0.2, 0) is 0 Å². The van der Waals surface area contributed by atoms with Crippen LogP contribution < -0.4 is 5.69 Å². The molecule has 2 aliphatic rings. The number of amides is 2. The van der Waals surface area contributed by atoms with Crippen LogP contribution in [0.3, 0.4) is 0 Å². The third-order valence-corrected chi connectivity index (χ3v) is 7.27. The first-order chi connectivity index (χ1) is 16.6. The Labute approximate surface area is 196 Å². The van der Waals surface area contributed by atoms with Gasteiger partial charge in [-0.05, 0) is 43.9 Å². The van der Waals surface area contributed by atoms with Gasteiger partial charge in [0.15, 0.2) is 0 Å². The Kier molecular flexibility index (Phi) is 5.01. The first kappa shape index (κ1) is 20.8. The Morgan fingerprint density at radius 1 is 0.765 bits per heavy atom. The number of aromatic nitrogens is 3. The summed E-state index contributed by atoms with van der Waals surface area (Å²) in [4.78, 5) is 49.5. The smallest absolute Gasteiger partial charge is 0.326 e. The highest BCUT2D eigenvalue weighted by Gasteiger charge is 2.32.